The number of aliphatic hydroxyl groups excluding tert-OH is 2. The molecule has 0 amide bonds. The van der Waals surface area contributed by atoms with Crippen LogP contribution in [-0.2, 0) is 0 Å². The van der Waals surface area contributed by atoms with E-state index < -0.39 is 35.2 Å². The van der Waals surface area contributed by atoms with Crippen LogP contribution in [0.25, 0.3) is 10.4 Å². The van der Waals surface area contributed by atoms with Gasteiger partial charge in [-0.15, -0.1) is 0 Å². The van der Waals surface area contributed by atoms with Gasteiger partial charge in [-0.3, -0.25) is 10.1 Å². The van der Waals surface area contributed by atoms with Crippen LogP contribution < -0.4 is 5.73 Å². The Morgan fingerprint density at radius 3 is 2.84 bits per heavy atom. The highest BCUT2D eigenvalue weighted by Crippen LogP contribution is 2.31. The smallest absolute Gasteiger partial charge is 0.311 e. The third-order valence-electron chi connectivity index (χ3n) is 2.22. The Labute approximate surface area is 111 Å². The molecule has 0 spiro atoms. The molecule has 10 nitrogen and oxygen atoms in total. The monoisotopic (exact) mass is 288 g/mol. The van der Waals surface area contributed by atoms with Crippen molar-refractivity contribution in [2.75, 3.05) is 12.3 Å². The first-order chi connectivity index (χ1) is 8.88. The van der Waals surface area contributed by atoms with Crippen molar-refractivity contribution < 1.29 is 15.1 Å². The summed E-state index contributed by atoms with van der Waals surface area (Å²) in [7, 11) is 0. The maximum Gasteiger partial charge on any atom is 0.311 e. The molecule has 0 aliphatic carbocycles. The van der Waals surface area contributed by atoms with Gasteiger partial charge in [-0.05, 0) is 5.53 Å². The van der Waals surface area contributed by atoms with E-state index in [1.165, 1.54) is 0 Å². The Morgan fingerprint density at radius 1 is 1.68 bits per heavy atom. The number of nitrogens with zero attached hydrogens (tertiary/aromatic N) is 5. The van der Waals surface area contributed by atoms with Gasteiger partial charge in [0.05, 0.1) is 17.6 Å². The molecule has 1 heterocycles. The fourth-order valence-corrected chi connectivity index (χ4v) is 1.55. The van der Waals surface area contributed by atoms with Crippen LogP contribution in [0.3, 0.4) is 0 Å². The molecule has 0 bridgehead atoms. The number of nitro groups is 1. The van der Waals surface area contributed by atoms with Crippen molar-refractivity contribution in [2.45, 2.75) is 12.2 Å². The summed E-state index contributed by atoms with van der Waals surface area (Å²) in [5.74, 6) is -0.407. The van der Waals surface area contributed by atoms with Crippen molar-refractivity contribution >= 4 is 23.1 Å². The minimum absolute atomic E-state index is 0.178. The third-order valence-corrected chi connectivity index (χ3v) is 2.53. The number of hydrogen-bond donors (Lipinski definition) is 3. The molecular weight excluding hydrogens is 280 g/mol. The molecular formula is C8H9ClN6O4. The van der Waals surface area contributed by atoms with Crippen molar-refractivity contribution in [2.24, 2.45) is 5.11 Å². The summed E-state index contributed by atoms with van der Waals surface area (Å²) in [4.78, 5) is 15.8. The number of hydrogen-bond acceptors (Lipinski definition) is 7. The van der Waals surface area contributed by atoms with Crippen LogP contribution in [0.15, 0.2) is 11.2 Å². The van der Waals surface area contributed by atoms with Crippen LogP contribution in [0, 0.1) is 10.1 Å². The zero-order valence-electron chi connectivity index (χ0n) is 9.34. The second-order valence-electron chi connectivity index (χ2n) is 3.46. The maximum atomic E-state index is 10.7. The number of aliphatic hydroxyl groups is 2. The first kappa shape index (κ1) is 14.9. The molecule has 0 radical (unpaired) electrons. The molecule has 1 aromatic heterocycles. The number of pyridine rings is 1. The van der Waals surface area contributed by atoms with E-state index in [0.717, 1.165) is 6.07 Å². The average Bonchev–Trinajstić information content (AvgIpc) is 2.34. The second kappa shape index (κ2) is 6.16. The topological polar surface area (TPSA) is 171 Å². The molecule has 0 aliphatic heterocycles. The number of nitrogens with two attached hydrogens (primary N) is 1. The van der Waals surface area contributed by atoms with Crippen molar-refractivity contribution in [3.63, 3.8) is 0 Å². The molecule has 0 aromatic carbocycles. The largest absolute Gasteiger partial charge is 0.390 e. The van der Waals surface area contributed by atoms with Crippen molar-refractivity contribution in [3.8, 4) is 0 Å². The summed E-state index contributed by atoms with van der Waals surface area (Å²) in [5.41, 5.74) is 12.7. The van der Waals surface area contributed by atoms with Crippen molar-refractivity contribution in [3.05, 3.63) is 37.3 Å². The van der Waals surface area contributed by atoms with Gasteiger partial charge in [-0.1, -0.05) is 16.7 Å². The van der Waals surface area contributed by atoms with Gasteiger partial charge in [-0.2, -0.15) is 0 Å². The normalized spacial score (nSPS) is 13.4. The first-order valence-electron chi connectivity index (χ1n) is 4.85. The lowest BCUT2D eigenvalue weighted by Gasteiger charge is -2.17. The number of nitrogen functional groups attached to an aromatic ring is 1. The van der Waals surface area contributed by atoms with Crippen LogP contribution in [-0.4, -0.2) is 32.8 Å². The van der Waals surface area contributed by atoms with Gasteiger partial charge < -0.3 is 15.9 Å². The summed E-state index contributed by atoms with van der Waals surface area (Å²) in [5, 5.41) is 32.8. The standard InChI is InChI=1S/C8H9ClN6O4/c9-7-3(6(17)5(16)2-12-14-11)1-4(15(18)19)8(10)13-7/h1,5-6,16-17H,2H2,(H2,10,13). The molecule has 0 saturated heterocycles. The van der Waals surface area contributed by atoms with Crippen LogP contribution in [0.2, 0.25) is 5.15 Å². The number of halogens is 1. The number of rotatable bonds is 5. The lowest BCUT2D eigenvalue weighted by molar-refractivity contribution is -0.384. The minimum Gasteiger partial charge on any atom is -0.390 e. The molecule has 0 aliphatic rings. The predicted octanol–water partition coefficient (Wildman–Crippen LogP) is 0.930. The molecule has 4 N–H and O–H groups in total. The van der Waals surface area contributed by atoms with E-state index in [2.05, 4.69) is 15.0 Å². The minimum atomic E-state index is -1.59. The second-order valence-corrected chi connectivity index (χ2v) is 3.81. The SMILES string of the molecule is [N-]=[N+]=NCC(O)C(O)c1cc([N+](=O)[O-])c(N)nc1Cl. The first-order valence-corrected chi connectivity index (χ1v) is 5.23. The van der Waals surface area contributed by atoms with Crippen LogP contribution in [0.4, 0.5) is 11.5 Å². The summed E-state index contributed by atoms with van der Waals surface area (Å²) in [6.07, 6.45) is -3.07. The van der Waals surface area contributed by atoms with Crippen LogP contribution in [0.1, 0.15) is 11.7 Å². The molecule has 19 heavy (non-hydrogen) atoms. The fraction of sp³-hybridized carbons (Fsp3) is 0.375. The number of azide groups is 1. The average molecular weight is 289 g/mol. The molecule has 0 fully saturated rings. The summed E-state index contributed by atoms with van der Waals surface area (Å²) < 4.78 is 0. The van der Waals surface area contributed by atoms with Crippen LogP contribution >= 0.6 is 11.6 Å². The third kappa shape index (κ3) is 3.42. The van der Waals surface area contributed by atoms with Crippen LogP contribution in [0.5, 0.6) is 0 Å². The van der Waals surface area contributed by atoms with E-state index in [1.807, 2.05) is 0 Å². The van der Waals surface area contributed by atoms with E-state index in [9.17, 15) is 20.3 Å². The van der Waals surface area contributed by atoms with Crippen molar-refractivity contribution in [1.82, 2.24) is 4.98 Å². The number of anilines is 1. The quantitative estimate of drug-likeness (QED) is 0.181. The Hall–Kier alpha value is -2.13. The molecule has 0 saturated carbocycles. The van der Waals surface area contributed by atoms with Gasteiger partial charge in [0.2, 0.25) is 5.82 Å². The van der Waals surface area contributed by atoms with E-state index in [4.69, 9.17) is 22.9 Å². The van der Waals surface area contributed by atoms with E-state index in [-0.39, 0.29) is 10.7 Å². The zero-order chi connectivity index (χ0) is 14.6. The molecule has 102 valence electrons. The van der Waals surface area contributed by atoms with Gasteiger partial charge >= 0.3 is 5.69 Å². The van der Waals surface area contributed by atoms with Gasteiger partial charge in [0, 0.05) is 16.5 Å². The highest BCUT2D eigenvalue weighted by Gasteiger charge is 2.25. The predicted molar refractivity (Wildman–Crippen MR) is 65.3 cm³/mol. The number of aromatic nitrogens is 1. The zero-order valence-corrected chi connectivity index (χ0v) is 10.1. The fourth-order valence-electron chi connectivity index (χ4n) is 1.29. The maximum absolute atomic E-state index is 10.7. The van der Waals surface area contributed by atoms with Gasteiger partial charge in [0.25, 0.3) is 0 Å². The lowest BCUT2D eigenvalue weighted by Crippen LogP contribution is -2.22. The van der Waals surface area contributed by atoms with E-state index >= 15 is 0 Å². The highest BCUT2D eigenvalue weighted by atomic mass is 35.5. The summed E-state index contributed by atoms with van der Waals surface area (Å²) >= 11 is 5.69. The summed E-state index contributed by atoms with van der Waals surface area (Å²) in [6, 6.07) is 0.911. The molecule has 2 atom stereocenters. The Kier molecular flexibility index (Phi) is 4.84. The van der Waals surface area contributed by atoms with Gasteiger partial charge in [0.1, 0.15) is 11.3 Å². The molecule has 2 unspecified atom stereocenters. The Balaban J connectivity index is 3.15. The highest BCUT2D eigenvalue weighted by molar-refractivity contribution is 6.30. The molecule has 11 heteroatoms. The summed E-state index contributed by atoms with van der Waals surface area (Å²) in [6.45, 7) is -0.424. The lowest BCUT2D eigenvalue weighted by atomic mass is 10.1. The van der Waals surface area contributed by atoms with E-state index in [0.29, 0.717) is 0 Å². The van der Waals surface area contributed by atoms with Crippen molar-refractivity contribution in [1.29, 1.82) is 0 Å². The van der Waals surface area contributed by atoms with E-state index in [1.54, 1.807) is 0 Å². The Bertz CT molecular complexity index is 546. The molecule has 1 rings (SSSR count). The molecule has 1 aromatic rings. The van der Waals surface area contributed by atoms with Gasteiger partial charge in [0.15, 0.2) is 0 Å². The Morgan fingerprint density at radius 2 is 2.32 bits per heavy atom. The van der Waals surface area contributed by atoms with Gasteiger partial charge in [-0.25, -0.2) is 4.98 Å².